The number of non-ortho nitro benzene ring substituents is 1. The van der Waals surface area contributed by atoms with Crippen molar-refractivity contribution in [2.75, 3.05) is 12.4 Å². The van der Waals surface area contributed by atoms with E-state index < -0.39 is 11.0 Å². The van der Waals surface area contributed by atoms with Gasteiger partial charge in [0.15, 0.2) is 0 Å². The molecule has 0 aliphatic rings. The monoisotopic (exact) mass is 300 g/mol. The lowest BCUT2D eigenvalue weighted by atomic mass is 10.1. The van der Waals surface area contributed by atoms with Gasteiger partial charge in [-0.2, -0.15) is 0 Å². The molecule has 2 rings (SSSR count). The van der Waals surface area contributed by atoms with Crippen LogP contribution in [0.2, 0.25) is 0 Å². The van der Waals surface area contributed by atoms with E-state index in [1.807, 2.05) is 30.3 Å². The Bertz CT molecular complexity index is 641. The van der Waals surface area contributed by atoms with E-state index in [0.717, 1.165) is 5.56 Å². The van der Waals surface area contributed by atoms with Gasteiger partial charge in [0, 0.05) is 24.2 Å². The quantitative estimate of drug-likeness (QED) is 0.504. The van der Waals surface area contributed by atoms with Crippen molar-refractivity contribution in [1.29, 1.82) is 0 Å². The summed E-state index contributed by atoms with van der Waals surface area (Å²) < 4.78 is 4.81. The van der Waals surface area contributed by atoms with Crippen LogP contribution in [0.15, 0.2) is 54.6 Å². The Morgan fingerprint density at radius 3 is 2.36 bits per heavy atom. The number of nitro groups is 1. The molecule has 114 valence electrons. The number of ether oxygens (including phenoxy) is 1. The van der Waals surface area contributed by atoms with Crippen molar-refractivity contribution in [2.24, 2.45) is 0 Å². The summed E-state index contributed by atoms with van der Waals surface area (Å²) >= 11 is 0. The molecule has 0 spiro atoms. The third-order valence-corrected chi connectivity index (χ3v) is 3.19. The lowest BCUT2D eigenvalue weighted by Gasteiger charge is -2.17. The Kier molecular flexibility index (Phi) is 5.08. The molecular weight excluding hydrogens is 284 g/mol. The lowest BCUT2D eigenvalue weighted by Crippen LogP contribution is -2.32. The van der Waals surface area contributed by atoms with Gasteiger partial charge in [0.25, 0.3) is 5.69 Å². The average Bonchev–Trinajstić information content (AvgIpc) is 2.55. The maximum atomic E-state index is 11.9. The van der Waals surface area contributed by atoms with Crippen molar-refractivity contribution in [3.05, 3.63) is 70.3 Å². The maximum absolute atomic E-state index is 11.9. The molecule has 6 heteroatoms. The van der Waals surface area contributed by atoms with Crippen molar-refractivity contribution < 1.29 is 14.5 Å². The summed E-state index contributed by atoms with van der Waals surface area (Å²) in [5, 5.41) is 13.7. The van der Waals surface area contributed by atoms with E-state index in [9.17, 15) is 14.9 Å². The van der Waals surface area contributed by atoms with Gasteiger partial charge in [0.05, 0.1) is 12.0 Å². The van der Waals surface area contributed by atoms with Crippen LogP contribution in [0.5, 0.6) is 0 Å². The largest absolute Gasteiger partial charge is 0.467 e. The van der Waals surface area contributed by atoms with Gasteiger partial charge in [-0.1, -0.05) is 30.3 Å². The minimum Gasteiger partial charge on any atom is -0.467 e. The topological polar surface area (TPSA) is 81.5 Å². The Morgan fingerprint density at radius 1 is 1.18 bits per heavy atom. The maximum Gasteiger partial charge on any atom is 0.328 e. The highest BCUT2D eigenvalue weighted by atomic mass is 16.6. The molecule has 6 nitrogen and oxygen atoms in total. The number of methoxy groups -OCH3 is 1. The van der Waals surface area contributed by atoms with Gasteiger partial charge in [0.2, 0.25) is 0 Å². The summed E-state index contributed by atoms with van der Waals surface area (Å²) in [7, 11) is 1.33. The first kappa shape index (κ1) is 15.5. The van der Waals surface area contributed by atoms with Gasteiger partial charge >= 0.3 is 5.97 Å². The number of esters is 1. The van der Waals surface area contributed by atoms with Crippen molar-refractivity contribution in [2.45, 2.75) is 12.5 Å². The molecule has 1 N–H and O–H groups in total. The number of nitrogens with zero attached hydrogens (tertiary/aromatic N) is 1. The molecule has 0 aliphatic carbocycles. The van der Waals surface area contributed by atoms with E-state index in [2.05, 4.69) is 5.32 Å². The van der Waals surface area contributed by atoms with Crippen molar-refractivity contribution >= 4 is 17.3 Å². The van der Waals surface area contributed by atoms with Gasteiger partial charge in [-0.15, -0.1) is 0 Å². The number of rotatable bonds is 6. The summed E-state index contributed by atoms with van der Waals surface area (Å²) in [5.74, 6) is -0.387. The molecule has 0 heterocycles. The zero-order valence-electron chi connectivity index (χ0n) is 12.1. The molecule has 0 saturated carbocycles. The van der Waals surface area contributed by atoms with Crippen LogP contribution in [0.1, 0.15) is 5.56 Å². The summed E-state index contributed by atoms with van der Waals surface area (Å²) in [5.41, 5.74) is 1.62. The second-order valence-electron chi connectivity index (χ2n) is 4.71. The minimum absolute atomic E-state index is 0.00299. The molecule has 0 saturated heterocycles. The van der Waals surface area contributed by atoms with Crippen molar-refractivity contribution in [3.8, 4) is 0 Å². The first-order valence-corrected chi connectivity index (χ1v) is 6.73. The number of carbonyl (C=O) groups is 1. The molecule has 0 bridgehead atoms. The second kappa shape index (κ2) is 7.21. The normalized spacial score (nSPS) is 11.5. The first-order chi connectivity index (χ1) is 10.6. The molecule has 0 aliphatic heterocycles. The van der Waals surface area contributed by atoms with Gasteiger partial charge < -0.3 is 10.1 Å². The number of hydrogen-bond donors (Lipinski definition) is 1. The molecule has 1 atom stereocenters. The van der Waals surface area contributed by atoms with Gasteiger partial charge in [-0.05, 0) is 17.7 Å². The standard InChI is InChI=1S/C16H16N2O4/c1-22-16(19)15(11-12-5-3-2-4-6-12)17-13-7-9-14(10-8-13)18(20)21/h2-10,15,17H,11H2,1H3/t15-/m0/s1. The molecule has 0 unspecified atom stereocenters. The summed E-state index contributed by atoms with van der Waals surface area (Å²) in [6.07, 6.45) is 0.463. The van der Waals surface area contributed by atoms with Gasteiger partial charge in [0.1, 0.15) is 6.04 Å². The number of nitro benzene ring substituents is 1. The fourth-order valence-electron chi connectivity index (χ4n) is 2.07. The third-order valence-electron chi connectivity index (χ3n) is 3.19. The molecule has 22 heavy (non-hydrogen) atoms. The van der Waals surface area contributed by atoms with E-state index in [1.54, 1.807) is 12.1 Å². The van der Waals surface area contributed by atoms with Crippen LogP contribution in [-0.4, -0.2) is 24.0 Å². The SMILES string of the molecule is COC(=O)[C@H](Cc1ccccc1)Nc1ccc([N+](=O)[O-])cc1. The molecule has 0 fully saturated rings. The van der Waals surface area contributed by atoms with Crippen molar-refractivity contribution in [3.63, 3.8) is 0 Å². The smallest absolute Gasteiger partial charge is 0.328 e. The number of carbonyl (C=O) groups excluding carboxylic acids is 1. The molecule has 2 aromatic rings. The predicted molar refractivity (Wildman–Crippen MR) is 82.7 cm³/mol. The third kappa shape index (κ3) is 4.05. The zero-order chi connectivity index (χ0) is 15.9. The fourth-order valence-corrected chi connectivity index (χ4v) is 2.07. The molecule has 0 radical (unpaired) electrons. The minimum atomic E-state index is -0.561. The summed E-state index contributed by atoms with van der Waals surface area (Å²) in [6.45, 7) is 0. The summed E-state index contributed by atoms with van der Waals surface area (Å²) in [4.78, 5) is 22.1. The van der Waals surface area contributed by atoms with E-state index >= 15 is 0 Å². The van der Waals surface area contributed by atoms with E-state index in [1.165, 1.54) is 19.2 Å². The Labute approximate surface area is 127 Å². The van der Waals surface area contributed by atoms with Crippen LogP contribution < -0.4 is 5.32 Å². The van der Waals surface area contributed by atoms with E-state index in [4.69, 9.17) is 4.74 Å². The highest BCUT2D eigenvalue weighted by molar-refractivity contribution is 5.79. The predicted octanol–water partition coefficient (Wildman–Crippen LogP) is 2.79. The number of benzene rings is 2. The Morgan fingerprint density at radius 2 is 1.82 bits per heavy atom. The molecule has 0 aromatic heterocycles. The van der Waals surface area contributed by atoms with Crippen LogP contribution in [0.4, 0.5) is 11.4 Å². The van der Waals surface area contributed by atoms with Crippen LogP contribution in [0, 0.1) is 10.1 Å². The summed E-state index contributed by atoms with van der Waals surface area (Å²) in [6, 6.07) is 14.9. The number of anilines is 1. The fraction of sp³-hybridized carbons (Fsp3) is 0.188. The Balaban J connectivity index is 2.12. The molecule has 0 amide bonds. The Hall–Kier alpha value is -2.89. The van der Waals surface area contributed by atoms with Crippen molar-refractivity contribution in [1.82, 2.24) is 0 Å². The average molecular weight is 300 g/mol. The number of nitrogens with one attached hydrogen (secondary N) is 1. The van der Waals surface area contributed by atoms with Crippen LogP contribution in [-0.2, 0) is 16.0 Å². The van der Waals surface area contributed by atoms with Crippen LogP contribution >= 0.6 is 0 Å². The number of hydrogen-bond acceptors (Lipinski definition) is 5. The van der Waals surface area contributed by atoms with Gasteiger partial charge in [-0.25, -0.2) is 4.79 Å². The molecular formula is C16H16N2O4. The van der Waals surface area contributed by atoms with E-state index in [-0.39, 0.29) is 11.7 Å². The van der Waals surface area contributed by atoms with Crippen LogP contribution in [0.25, 0.3) is 0 Å². The highest BCUT2D eigenvalue weighted by Crippen LogP contribution is 2.17. The van der Waals surface area contributed by atoms with Crippen LogP contribution in [0.3, 0.4) is 0 Å². The zero-order valence-corrected chi connectivity index (χ0v) is 12.1. The highest BCUT2D eigenvalue weighted by Gasteiger charge is 2.19. The second-order valence-corrected chi connectivity index (χ2v) is 4.71. The lowest BCUT2D eigenvalue weighted by molar-refractivity contribution is -0.384. The first-order valence-electron chi connectivity index (χ1n) is 6.73. The van der Waals surface area contributed by atoms with E-state index in [0.29, 0.717) is 12.1 Å². The molecule has 2 aromatic carbocycles. The van der Waals surface area contributed by atoms with Gasteiger partial charge in [-0.3, -0.25) is 10.1 Å².